The smallest absolute Gasteiger partial charge is 0.387 e. The summed E-state index contributed by atoms with van der Waals surface area (Å²) in [7, 11) is 1.26. The number of halogens is 2. The van der Waals surface area contributed by atoms with Gasteiger partial charge in [-0.1, -0.05) is 0 Å². The van der Waals surface area contributed by atoms with Crippen LogP contribution < -0.4 is 20.1 Å². The number of methoxy groups -OCH3 is 1. The lowest BCUT2D eigenvalue weighted by Crippen LogP contribution is -2.33. The van der Waals surface area contributed by atoms with Gasteiger partial charge in [-0.25, -0.2) is 4.98 Å². The van der Waals surface area contributed by atoms with Gasteiger partial charge in [-0.05, 0) is 42.8 Å². The fourth-order valence-electron chi connectivity index (χ4n) is 2.06. The summed E-state index contributed by atoms with van der Waals surface area (Å²) < 4.78 is 33.8. The number of aryl methyl sites for hydroxylation is 1. The third-order valence-corrected chi connectivity index (χ3v) is 3.23. The monoisotopic (exact) mass is 365 g/mol. The van der Waals surface area contributed by atoms with Gasteiger partial charge in [0.2, 0.25) is 5.91 Å². The second kappa shape index (κ2) is 8.75. The number of nitrogens with zero attached hydrogens (tertiary/aromatic N) is 1. The van der Waals surface area contributed by atoms with Crippen LogP contribution in [0, 0.1) is 6.92 Å². The van der Waals surface area contributed by atoms with Crippen molar-refractivity contribution in [2.24, 2.45) is 0 Å². The maximum Gasteiger partial charge on any atom is 0.387 e. The van der Waals surface area contributed by atoms with Crippen LogP contribution in [-0.4, -0.2) is 37.1 Å². The Labute approximate surface area is 148 Å². The highest BCUT2D eigenvalue weighted by Crippen LogP contribution is 2.29. The zero-order valence-electron chi connectivity index (χ0n) is 14.1. The number of aromatic nitrogens is 1. The van der Waals surface area contributed by atoms with Crippen LogP contribution in [-0.2, 0) is 4.79 Å². The minimum absolute atomic E-state index is 0.0219. The third-order valence-electron chi connectivity index (χ3n) is 3.23. The van der Waals surface area contributed by atoms with Gasteiger partial charge in [0.25, 0.3) is 5.91 Å². The molecule has 2 N–H and O–H groups in total. The van der Waals surface area contributed by atoms with E-state index >= 15 is 0 Å². The largest absolute Gasteiger partial charge is 0.493 e. The lowest BCUT2D eigenvalue weighted by atomic mass is 10.2. The van der Waals surface area contributed by atoms with Crippen LogP contribution in [0.3, 0.4) is 0 Å². The minimum atomic E-state index is -3.01. The van der Waals surface area contributed by atoms with E-state index in [-0.39, 0.29) is 23.6 Å². The number of hydrogen-bond acceptors (Lipinski definition) is 5. The molecule has 1 heterocycles. The molecule has 0 bridgehead atoms. The number of rotatable bonds is 7. The molecule has 9 heteroatoms. The van der Waals surface area contributed by atoms with Crippen LogP contribution in [0.2, 0.25) is 0 Å². The number of carbonyl (C=O) groups excluding carboxylic acids is 2. The molecule has 0 saturated carbocycles. The molecule has 0 saturated heterocycles. The number of benzene rings is 1. The van der Waals surface area contributed by atoms with Gasteiger partial charge in [0.05, 0.1) is 13.7 Å². The number of hydrogen-bond donors (Lipinski definition) is 2. The van der Waals surface area contributed by atoms with Crippen molar-refractivity contribution in [3.8, 4) is 11.5 Å². The van der Waals surface area contributed by atoms with E-state index in [1.807, 2.05) is 6.92 Å². The van der Waals surface area contributed by atoms with Crippen molar-refractivity contribution in [3.05, 3.63) is 47.7 Å². The molecular formula is C17H17F2N3O4. The maximum atomic E-state index is 12.3. The molecule has 0 atom stereocenters. The van der Waals surface area contributed by atoms with Crippen LogP contribution in [0.15, 0.2) is 36.5 Å². The summed E-state index contributed by atoms with van der Waals surface area (Å²) in [5.41, 5.74) is 1.06. The van der Waals surface area contributed by atoms with Gasteiger partial charge in [0.1, 0.15) is 5.82 Å². The molecule has 2 aromatic rings. The number of nitrogens with one attached hydrogen (secondary N) is 2. The van der Waals surface area contributed by atoms with E-state index in [1.165, 1.54) is 25.3 Å². The highest BCUT2D eigenvalue weighted by Gasteiger charge is 2.15. The summed E-state index contributed by atoms with van der Waals surface area (Å²) in [6.07, 6.45) is 1.55. The van der Waals surface area contributed by atoms with Crippen LogP contribution >= 0.6 is 0 Å². The Morgan fingerprint density at radius 2 is 1.96 bits per heavy atom. The normalized spacial score (nSPS) is 10.3. The SMILES string of the molecule is COc1cc(C(=O)NCC(=O)Nc2cc(C)ccn2)ccc1OC(F)F. The fraction of sp³-hybridized carbons (Fsp3) is 0.235. The Balaban J connectivity index is 1.95. The van der Waals surface area contributed by atoms with E-state index in [2.05, 4.69) is 20.4 Å². The molecule has 7 nitrogen and oxygen atoms in total. The Kier molecular flexibility index (Phi) is 6.42. The van der Waals surface area contributed by atoms with Gasteiger partial charge in [-0.2, -0.15) is 8.78 Å². The Hall–Kier alpha value is -3.23. The van der Waals surface area contributed by atoms with Crippen molar-refractivity contribution in [1.29, 1.82) is 0 Å². The molecule has 0 radical (unpaired) electrons. The summed E-state index contributed by atoms with van der Waals surface area (Å²) in [6.45, 7) is -1.44. The first-order chi connectivity index (χ1) is 12.4. The van der Waals surface area contributed by atoms with Crippen LogP contribution in [0.4, 0.5) is 14.6 Å². The van der Waals surface area contributed by atoms with E-state index in [4.69, 9.17) is 4.74 Å². The van der Waals surface area contributed by atoms with E-state index in [0.29, 0.717) is 5.82 Å². The highest BCUT2D eigenvalue weighted by atomic mass is 19.3. The first-order valence-electron chi connectivity index (χ1n) is 7.52. The molecule has 0 spiro atoms. The molecule has 138 valence electrons. The van der Waals surface area contributed by atoms with Crippen LogP contribution in [0.1, 0.15) is 15.9 Å². The summed E-state index contributed by atoms with van der Waals surface area (Å²) in [6, 6.07) is 7.19. The topological polar surface area (TPSA) is 89.5 Å². The minimum Gasteiger partial charge on any atom is -0.493 e. The van der Waals surface area contributed by atoms with Crippen LogP contribution in [0.25, 0.3) is 0 Å². The maximum absolute atomic E-state index is 12.3. The zero-order valence-corrected chi connectivity index (χ0v) is 14.1. The van der Waals surface area contributed by atoms with E-state index in [1.54, 1.807) is 18.3 Å². The summed E-state index contributed by atoms with van der Waals surface area (Å²) in [5.74, 6) is -0.867. The molecule has 26 heavy (non-hydrogen) atoms. The van der Waals surface area contributed by atoms with E-state index in [0.717, 1.165) is 5.56 Å². The second-order valence-corrected chi connectivity index (χ2v) is 5.19. The molecule has 0 aliphatic heterocycles. The lowest BCUT2D eigenvalue weighted by molar-refractivity contribution is -0.115. The van der Waals surface area contributed by atoms with Gasteiger partial charge in [-0.3, -0.25) is 9.59 Å². The Morgan fingerprint density at radius 1 is 1.19 bits per heavy atom. The molecule has 2 amide bonds. The summed E-state index contributed by atoms with van der Waals surface area (Å²) in [5, 5.41) is 4.97. The first kappa shape index (κ1) is 19.1. The van der Waals surface area contributed by atoms with Crippen LogP contribution in [0.5, 0.6) is 11.5 Å². The van der Waals surface area contributed by atoms with Crippen molar-refractivity contribution in [1.82, 2.24) is 10.3 Å². The lowest BCUT2D eigenvalue weighted by Gasteiger charge is -2.11. The van der Waals surface area contributed by atoms with Crippen molar-refractivity contribution in [2.45, 2.75) is 13.5 Å². The van der Waals surface area contributed by atoms with Crippen molar-refractivity contribution >= 4 is 17.6 Å². The molecule has 0 aliphatic carbocycles. The number of amides is 2. The Bertz CT molecular complexity index is 799. The molecular weight excluding hydrogens is 348 g/mol. The Morgan fingerprint density at radius 3 is 2.62 bits per heavy atom. The number of alkyl halides is 2. The number of ether oxygens (including phenoxy) is 2. The van der Waals surface area contributed by atoms with Gasteiger partial charge in [0.15, 0.2) is 11.5 Å². The predicted octanol–water partition coefficient (Wildman–Crippen LogP) is 2.37. The first-order valence-corrected chi connectivity index (χ1v) is 7.52. The molecule has 2 rings (SSSR count). The van der Waals surface area contributed by atoms with E-state index < -0.39 is 18.4 Å². The molecule has 0 fully saturated rings. The summed E-state index contributed by atoms with van der Waals surface area (Å²) >= 11 is 0. The molecule has 0 unspecified atom stereocenters. The standard InChI is InChI=1S/C17H17F2N3O4/c1-10-5-6-20-14(7-10)22-15(23)9-21-16(24)11-3-4-12(26-17(18)19)13(8-11)25-2/h3-8,17H,9H2,1-2H3,(H,21,24)(H,20,22,23). The van der Waals surface area contributed by atoms with Gasteiger partial charge in [0, 0.05) is 11.8 Å². The third kappa shape index (κ3) is 5.40. The summed E-state index contributed by atoms with van der Waals surface area (Å²) in [4.78, 5) is 28.0. The zero-order chi connectivity index (χ0) is 19.1. The van der Waals surface area contributed by atoms with E-state index in [9.17, 15) is 18.4 Å². The van der Waals surface area contributed by atoms with Gasteiger partial charge >= 0.3 is 6.61 Å². The van der Waals surface area contributed by atoms with Crippen molar-refractivity contribution in [3.63, 3.8) is 0 Å². The fourth-order valence-corrected chi connectivity index (χ4v) is 2.06. The van der Waals surface area contributed by atoms with Gasteiger partial charge in [-0.15, -0.1) is 0 Å². The number of anilines is 1. The average Bonchev–Trinajstić information content (AvgIpc) is 2.59. The number of carbonyl (C=O) groups is 2. The predicted molar refractivity (Wildman–Crippen MR) is 89.6 cm³/mol. The number of pyridine rings is 1. The molecule has 1 aromatic carbocycles. The second-order valence-electron chi connectivity index (χ2n) is 5.19. The average molecular weight is 365 g/mol. The highest BCUT2D eigenvalue weighted by molar-refractivity contribution is 5.99. The molecule has 0 aliphatic rings. The quantitative estimate of drug-likeness (QED) is 0.786. The van der Waals surface area contributed by atoms with Gasteiger partial charge < -0.3 is 20.1 Å². The van der Waals surface area contributed by atoms with Crippen molar-refractivity contribution in [2.75, 3.05) is 19.0 Å². The molecule has 1 aromatic heterocycles. The van der Waals surface area contributed by atoms with Crippen molar-refractivity contribution < 1.29 is 27.8 Å².